The molecular formula is C27H22BrNO7. The Morgan fingerprint density at radius 3 is 2.53 bits per heavy atom. The number of halogens is 1. The number of ether oxygens (including phenoxy) is 3. The van der Waals surface area contributed by atoms with Gasteiger partial charge in [-0.3, -0.25) is 4.79 Å². The number of benzene rings is 3. The van der Waals surface area contributed by atoms with Crippen LogP contribution >= 0.6 is 15.9 Å². The van der Waals surface area contributed by atoms with Gasteiger partial charge in [0.05, 0.1) is 11.1 Å². The number of esters is 1. The molecule has 4 rings (SSSR count). The summed E-state index contributed by atoms with van der Waals surface area (Å²) in [6.45, 7) is 0.252. The molecule has 1 amide bonds. The van der Waals surface area contributed by atoms with E-state index in [0.717, 1.165) is 11.1 Å². The van der Waals surface area contributed by atoms with Crippen LogP contribution in [0.2, 0.25) is 0 Å². The van der Waals surface area contributed by atoms with Crippen LogP contribution < -0.4 is 20.4 Å². The number of hydrogen-bond donors (Lipinski definition) is 1. The van der Waals surface area contributed by atoms with E-state index < -0.39 is 17.5 Å². The first kappa shape index (κ1) is 25.2. The third kappa shape index (κ3) is 6.18. The fourth-order valence-electron chi connectivity index (χ4n) is 3.40. The van der Waals surface area contributed by atoms with Crippen LogP contribution in [0.15, 0.2) is 86.5 Å². The molecule has 36 heavy (non-hydrogen) atoms. The number of carbonyl (C=O) groups is 2. The van der Waals surface area contributed by atoms with Crippen molar-refractivity contribution in [2.24, 2.45) is 0 Å². The van der Waals surface area contributed by atoms with Crippen LogP contribution in [-0.2, 0) is 9.53 Å². The maximum absolute atomic E-state index is 12.3. The summed E-state index contributed by atoms with van der Waals surface area (Å²) in [4.78, 5) is 36.8. The van der Waals surface area contributed by atoms with Crippen molar-refractivity contribution in [3.05, 3.63) is 93.3 Å². The second-order valence-corrected chi connectivity index (χ2v) is 8.52. The predicted octanol–water partition coefficient (Wildman–Crippen LogP) is 4.58. The first-order valence-electron chi connectivity index (χ1n) is 11.0. The van der Waals surface area contributed by atoms with Crippen molar-refractivity contribution in [1.29, 1.82) is 0 Å². The van der Waals surface area contributed by atoms with Crippen molar-refractivity contribution in [3.8, 4) is 22.6 Å². The molecule has 1 heterocycles. The Labute approximate surface area is 214 Å². The van der Waals surface area contributed by atoms with Crippen LogP contribution in [0.4, 0.5) is 0 Å². The molecule has 0 bridgehead atoms. The maximum atomic E-state index is 12.3. The Morgan fingerprint density at radius 2 is 1.78 bits per heavy atom. The molecule has 184 valence electrons. The van der Waals surface area contributed by atoms with Gasteiger partial charge < -0.3 is 23.9 Å². The summed E-state index contributed by atoms with van der Waals surface area (Å²) in [5.74, 6) is -0.523. The van der Waals surface area contributed by atoms with Crippen molar-refractivity contribution < 1.29 is 28.2 Å². The van der Waals surface area contributed by atoms with Crippen LogP contribution in [0.25, 0.3) is 22.1 Å². The van der Waals surface area contributed by atoms with Gasteiger partial charge in [-0.25, -0.2) is 9.59 Å². The highest BCUT2D eigenvalue weighted by Crippen LogP contribution is 2.30. The molecule has 0 spiro atoms. The van der Waals surface area contributed by atoms with Crippen LogP contribution in [0, 0.1) is 0 Å². The van der Waals surface area contributed by atoms with Gasteiger partial charge in [0.1, 0.15) is 22.6 Å². The minimum Gasteiger partial charge on any atom is -0.481 e. The number of methoxy groups -OCH3 is 1. The van der Waals surface area contributed by atoms with Crippen LogP contribution in [0.5, 0.6) is 11.5 Å². The summed E-state index contributed by atoms with van der Waals surface area (Å²) >= 11 is 3.47. The average molecular weight is 552 g/mol. The molecule has 0 saturated heterocycles. The van der Waals surface area contributed by atoms with E-state index in [9.17, 15) is 14.4 Å². The fourth-order valence-corrected chi connectivity index (χ4v) is 3.89. The molecule has 1 aromatic heterocycles. The lowest BCUT2D eigenvalue weighted by Gasteiger charge is -2.10. The Morgan fingerprint density at radius 1 is 0.972 bits per heavy atom. The second-order valence-electron chi connectivity index (χ2n) is 7.67. The Kier molecular flexibility index (Phi) is 8.14. The van der Waals surface area contributed by atoms with E-state index in [-0.39, 0.29) is 30.0 Å². The van der Waals surface area contributed by atoms with E-state index in [1.54, 1.807) is 12.1 Å². The number of amides is 1. The summed E-state index contributed by atoms with van der Waals surface area (Å²) < 4.78 is 21.8. The largest absolute Gasteiger partial charge is 0.481 e. The summed E-state index contributed by atoms with van der Waals surface area (Å²) in [6, 6.07) is 21.4. The second kappa shape index (κ2) is 11.7. The fraction of sp³-hybridized carbons (Fsp3) is 0.148. The van der Waals surface area contributed by atoms with Gasteiger partial charge in [-0.05, 0) is 57.4 Å². The van der Waals surface area contributed by atoms with Crippen molar-refractivity contribution in [2.45, 2.75) is 0 Å². The Bertz CT molecular complexity index is 1450. The average Bonchev–Trinajstić information content (AvgIpc) is 2.88. The molecule has 8 nitrogen and oxygen atoms in total. The van der Waals surface area contributed by atoms with Gasteiger partial charge in [-0.15, -0.1) is 0 Å². The molecule has 0 aliphatic heterocycles. The van der Waals surface area contributed by atoms with Crippen molar-refractivity contribution >= 4 is 38.8 Å². The maximum Gasteiger partial charge on any atom is 0.349 e. The Balaban J connectivity index is 1.39. The molecule has 0 fully saturated rings. The van der Waals surface area contributed by atoms with Gasteiger partial charge in [-0.2, -0.15) is 0 Å². The van der Waals surface area contributed by atoms with Gasteiger partial charge >= 0.3 is 11.6 Å². The molecule has 0 radical (unpaired) electrons. The van der Waals surface area contributed by atoms with Crippen molar-refractivity contribution in [3.63, 3.8) is 0 Å². The van der Waals surface area contributed by atoms with Gasteiger partial charge in [-0.1, -0.05) is 36.4 Å². The number of fused-ring (bicyclic) bond motifs is 1. The topological polar surface area (TPSA) is 104 Å². The molecule has 0 unspecified atom stereocenters. The molecule has 3 aromatic carbocycles. The molecule has 1 N–H and O–H groups in total. The highest BCUT2D eigenvalue weighted by atomic mass is 79.9. The standard InChI is InChI=1S/C27H22BrNO7/c1-33-12-11-29-26(31)21-13-19-7-9-20(15-24(19)36-27(21)32)35-25(30)16-34-23-10-8-18(14-22(23)28)17-5-3-2-4-6-17/h2-10,13-15H,11-12,16H2,1H3,(H,29,31). The molecular weight excluding hydrogens is 530 g/mol. The van der Waals surface area contributed by atoms with E-state index in [4.69, 9.17) is 18.6 Å². The van der Waals surface area contributed by atoms with Gasteiger partial charge in [0.15, 0.2) is 6.61 Å². The van der Waals surface area contributed by atoms with Crippen LogP contribution in [0.3, 0.4) is 0 Å². The molecule has 0 saturated carbocycles. The third-order valence-corrected chi connectivity index (χ3v) is 5.78. The summed E-state index contributed by atoms with van der Waals surface area (Å²) in [7, 11) is 1.51. The number of rotatable bonds is 9. The van der Waals surface area contributed by atoms with Gasteiger partial charge in [0.2, 0.25) is 0 Å². The monoisotopic (exact) mass is 551 g/mol. The zero-order chi connectivity index (χ0) is 25.5. The highest BCUT2D eigenvalue weighted by Gasteiger charge is 2.15. The zero-order valence-corrected chi connectivity index (χ0v) is 20.9. The molecule has 4 aromatic rings. The molecule has 0 aliphatic carbocycles. The summed E-state index contributed by atoms with van der Waals surface area (Å²) in [5, 5.41) is 3.08. The highest BCUT2D eigenvalue weighted by molar-refractivity contribution is 9.10. The van der Waals surface area contributed by atoms with Gasteiger partial charge in [0, 0.05) is 25.1 Å². The summed E-state index contributed by atoms with van der Waals surface area (Å²) in [5.41, 5.74) is 1.32. The first-order chi connectivity index (χ1) is 17.4. The first-order valence-corrected chi connectivity index (χ1v) is 11.8. The van der Waals surface area contributed by atoms with Gasteiger partial charge in [0.25, 0.3) is 5.91 Å². The minimum atomic E-state index is -0.798. The lowest BCUT2D eigenvalue weighted by atomic mass is 10.1. The van der Waals surface area contributed by atoms with E-state index in [1.807, 2.05) is 42.5 Å². The number of nitrogens with one attached hydrogen (secondary N) is 1. The van der Waals surface area contributed by atoms with E-state index in [0.29, 0.717) is 22.2 Å². The van der Waals surface area contributed by atoms with Crippen LogP contribution in [-0.4, -0.2) is 38.7 Å². The minimum absolute atomic E-state index is 0.124. The molecule has 9 heteroatoms. The number of hydrogen-bond acceptors (Lipinski definition) is 7. The third-order valence-electron chi connectivity index (χ3n) is 5.16. The lowest BCUT2D eigenvalue weighted by Crippen LogP contribution is -2.30. The molecule has 0 atom stereocenters. The van der Waals surface area contributed by atoms with Crippen LogP contribution in [0.1, 0.15) is 10.4 Å². The zero-order valence-electron chi connectivity index (χ0n) is 19.3. The smallest absolute Gasteiger partial charge is 0.349 e. The van der Waals surface area contributed by atoms with Crippen molar-refractivity contribution in [1.82, 2.24) is 5.32 Å². The normalized spacial score (nSPS) is 10.7. The van der Waals surface area contributed by atoms with E-state index >= 15 is 0 Å². The molecule has 0 aliphatic rings. The quantitative estimate of drug-likeness (QED) is 0.140. The van der Waals surface area contributed by atoms with E-state index in [1.165, 1.54) is 25.3 Å². The SMILES string of the molecule is COCCNC(=O)c1cc2ccc(OC(=O)COc3ccc(-c4ccccc4)cc3Br)cc2oc1=O. The number of carbonyl (C=O) groups excluding carboxylic acids is 2. The van der Waals surface area contributed by atoms with Crippen molar-refractivity contribution in [2.75, 3.05) is 26.9 Å². The summed E-state index contributed by atoms with van der Waals surface area (Å²) in [6.07, 6.45) is 0. The predicted molar refractivity (Wildman–Crippen MR) is 137 cm³/mol. The lowest BCUT2D eigenvalue weighted by molar-refractivity contribution is -0.136. The van der Waals surface area contributed by atoms with E-state index in [2.05, 4.69) is 21.2 Å². The Hall–Kier alpha value is -3.95.